The van der Waals surface area contributed by atoms with E-state index in [0.29, 0.717) is 11.5 Å². The van der Waals surface area contributed by atoms with E-state index >= 15 is 0 Å². The summed E-state index contributed by atoms with van der Waals surface area (Å²) in [7, 11) is 0. The molecule has 1 aromatic heterocycles. The highest BCUT2D eigenvalue weighted by molar-refractivity contribution is 5.47. The highest BCUT2D eigenvalue weighted by Gasteiger charge is 2.06. The van der Waals surface area contributed by atoms with Gasteiger partial charge < -0.3 is 10.8 Å². The molecule has 0 unspecified atom stereocenters. The number of phenolic OH excluding ortho intramolecular Hbond substituents is 1. The fraction of sp³-hybridized carbons (Fsp3) is 0. The summed E-state index contributed by atoms with van der Waals surface area (Å²) >= 11 is 0. The van der Waals surface area contributed by atoms with Crippen molar-refractivity contribution >= 4 is 5.82 Å². The first kappa shape index (κ1) is 9.09. The van der Waals surface area contributed by atoms with E-state index in [1.54, 1.807) is 18.2 Å². The van der Waals surface area contributed by atoms with Crippen LogP contribution in [0.5, 0.6) is 5.75 Å². The number of nitriles is 1. The van der Waals surface area contributed by atoms with Crippen molar-refractivity contribution in [1.29, 1.82) is 5.26 Å². The van der Waals surface area contributed by atoms with Gasteiger partial charge in [-0.25, -0.2) is 4.68 Å². The largest absolute Gasteiger partial charge is 0.508 e. The predicted molar refractivity (Wildman–Crippen MR) is 54.4 cm³/mol. The molecule has 0 saturated carbocycles. The van der Waals surface area contributed by atoms with Gasteiger partial charge in [-0.3, -0.25) is 0 Å². The zero-order chi connectivity index (χ0) is 10.8. The number of aromatic nitrogens is 2. The third-order valence-corrected chi connectivity index (χ3v) is 1.93. The van der Waals surface area contributed by atoms with Gasteiger partial charge in [-0.05, 0) is 12.1 Å². The first-order chi connectivity index (χ1) is 7.20. The highest BCUT2D eigenvalue weighted by atomic mass is 16.3. The summed E-state index contributed by atoms with van der Waals surface area (Å²) in [5.41, 5.74) is 6.53. The van der Waals surface area contributed by atoms with Crippen molar-refractivity contribution in [3.63, 3.8) is 0 Å². The second kappa shape index (κ2) is 3.35. The first-order valence-corrected chi connectivity index (χ1v) is 4.26. The van der Waals surface area contributed by atoms with Gasteiger partial charge in [-0.1, -0.05) is 6.07 Å². The number of nitrogens with zero attached hydrogens (tertiary/aromatic N) is 3. The maximum absolute atomic E-state index is 9.28. The Bertz CT molecular complexity index is 539. The lowest BCUT2D eigenvalue weighted by Gasteiger charge is -2.03. The van der Waals surface area contributed by atoms with Gasteiger partial charge in [0.2, 0.25) is 0 Å². The third kappa shape index (κ3) is 1.60. The Labute approximate surface area is 86.0 Å². The number of nitrogens with two attached hydrogens (primary N) is 1. The quantitative estimate of drug-likeness (QED) is 0.719. The number of rotatable bonds is 1. The number of nitrogen functional groups attached to an aromatic ring is 1. The highest BCUT2D eigenvalue weighted by Crippen LogP contribution is 2.18. The summed E-state index contributed by atoms with van der Waals surface area (Å²) in [4.78, 5) is 0. The number of hydrogen-bond donors (Lipinski definition) is 2. The molecular formula is C10H8N4O. The molecule has 0 aliphatic rings. The minimum Gasteiger partial charge on any atom is -0.508 e. The van der Waals surface area contributed by atoms with E-state index in [2.05, 4.69) is 5.10 Å². The molecule has 0 spiro atoms. The lowest BCUT2D eigenvalue weighted by atomic mass is 10.3. The Morgan fingerprint density at radius 1 is 1.40 bits per heavy atom. The van der Waals surface area contributed by atoms with Crippen molar-refractivity contribution in [2.24, 2.45) is 0 Å². The smallest absolute Gasteiger partial charge is 0.165 e. The number of benzene rings is 1. The standard InChI is InChI=1S/C10H8N4O/c11-6-7-4-10(12)14(13-7)8-2-1-3-9(15)5-8/h1-5,15H,12H2. The molecule has 0 radical (unpaired) electrons. The van der Waals surface area contributed by atoms with Crippen molar-refractivity contribution in [1.82, 2.24) is 9.78 Å². The molecule has 0 saturated heterocycles. The van der Waals surface area contributed by atoms with Gasteiger partial charge in [0, 0.05) is 12.1 Å². The minimum absolute atomic E-state index is 0.126. The van der Waals surface area contributed by atoms with E-state index in [1.807, 2.05) is 6.07 Å². The van der Waals surface area contributed by atoms with E-state index in [-0.39, 0.29) is 11.4 Å². The average molecular weight is 200 g/mol. The van der Waals surface area contributed by atoms with Gasteiger partial charge in [-0.15, -0.1) is 0 Å². The number of phenols is 1. The summed E-state index contributed by atoms with van der Waals surface area (Å²) in [6.07, 6.45) is 0. The van der Waals surface area contributed by atoms with Crippen molar-refractivity contribution in [3.05, 3.63) is 36.0 Å². The van der Waals surface area contributed by atoms with E-state index in [9.17, 15) is 5.11 Å². The van der Waals surface area contributed by atoms with Crippen LogP contribution in [0.3, 0.4) is 0 Å². The number of anilines is 1. The second-order valence-corrected chi connectivity index (χ2v) is 3.00. The minimum atomic E-state index is 0.126. The fourth-order valence-corrected chi connectivity index (χ4v) is 1.28. The Balaban J connectivity index is 2.54. The van der Waals surface area contributed by atoms with Gasteiger partial charge in [0.15, 0.2) is 5.69 Å². The van der Waals surface area contributed by atoms with Crippen LogP contribution < -0.4 is 5.73 Å². The lowest BCUT2D eigenvalue weighted by Crippen LogP contribution is -2.01. The second-order valence-electron chi connectivity index (χ2n) is 3.00. The molecule has 5 heteroatoms. The molecule has 0 amide bonds. The molecule has 74 valence electrons. The van der Waals surface area contributed by atoms with Gasteiger partial charge >= 0.3 is 0 Å². The predicted octanol–water partition coefficient (Wildman–Crippen LogP) is 1.03. The molecule has 0 fully saturated rings. The van der Waals surface area contributed by atoms with Gasteiger partial charge in [-0.2, -0.15) is 10.4 Å². The molecule has 5 nitrogen and oxygen atoms in total. The van der Waals surface area contributed by atoms with Crippen LogP contribution in [0.2, 0.25) is 0 Å². The van der Waals surface area contributed by atoms with Crippen molar-refractivity contribution < 1.29 is 5.11 Å². The molecule has 0 atom stereocenters. The van der Waals surface area contributed by atoms with Crippen LogP contribution >= 0.6 is 0 Å². The molecule has 1 aromatic carbocycles. The van der Waals surface area contributed by atoms with Crippen LogP contribution in [0.1, 0.15) is 5.69 Å². The van der Waals surface area contributed by atoms with Crippen LogP contribution in [0.15, 0.2) is 30.3 Å². The summed E-state index contributed by atoms with van der Waals surface area (Å²) in [5.74, 6) is 0.484. The number of hydrogen-bond acceptors (Lipinski definition) is 4. The maximum Gasteiger partial charge on any atom is 0.165 e. The summed E-state index contributed by atoms with van der Waals surface area (Å²) < 4.78 is 1.40. The Hall–Kier alpha value is -2.48. The summed E-state index contributed by atoms with van der Waals surface area (Å²) in [5, 5.41) is 21.9. The Morgan fingerprint density at radius 2 is 2.20 bits per heavy atom. The van der Waals surface area contributed by atoms with Crippen LogP contribution in [-0.2, 0) is 0 Å². The molecule has 2 rings (SSSR count). The summed E-state index contributed by atoms with van der Waals surface area (Å²) in [6.45, 7) is 0. The summed E-state index contributed by atoms with van der Waals surface area (Å²) in [6, 6.07) is 9.86. The molecule has 0 aliphatic carbocycles. The Morgan fingerprint density at radius 3 is 2.80 bits per heavy atom. The van der Waals surface area contributed by atoms with E-state index < -0.39 is 0 Å². The lowest BCUT2D eigenvalue weighted by molar-refractivity contribution is 0.475. The van der Waals surface area contributed by atoms with Gasteiger partial charge in [0.1, 0.15) is 17.6 Å². The molecule has 15 heavy (non-hydrogen) atoms. The molecule has 0 bridgehead atoms. The van der Waals surface area contributed by atoms with E-state index in [0.717, 1.165) is 0 Å². The average Bonchev–Trinajstić information content (AvgIpc) is 2.60. The fourth-order valence-electron chi connectivity index (χ4n) is 1.28. The van der Waals surface area contributed by atoms with Crippen molar-refractivity contribution in [2.75, 3.05) is 5.73 Å². The molecule has 3 N–H and O–H groups in total. The maximum atomic E-state index is 9.28. The van der Waals surface area contributed by atoms with Crippen molar-refractivity contribution in [3.8, 4) is 17.5 Å². The first-order valence-electron chi connectivity index (χ1n) is 4.26. The number of aromatic hydroxyl groups is 1. The normalized spacial score (nSPS) is 9.80. The topological polar surface area (TPSA) is 87.9 Å². The van der Waals surface area contributed by atoms with Crippen LogP contribution in [0.25, 0.3) is 5.69 Å². The molecule has 0 aliphatic heterocycles. The molecule has 2 aromatic rings. The van der Waals surface area contributed by atoms with Gasteiger partial charge in [0.05, 0.1) is 5.69 Å². The van der Waals surface area contributed by atoms with Gasteiger partial charge in [0.25, 0.3) is 0 Å². The van der Waals surface area contributed by atoms with E-state index in [4.69, 9.17) is 11.0 Å². The van der Waals surface area contributed by atoms with Crippen LogP contribution in [-0.4, -0.2) is 14.9 Å². The van der Waals surface area contributed by atoms with Crippen LogP contribution in [0.4, 0.5) is 5.82 Å². The molecule has 1 heterocycles. The van der Waals surface area contributed by atoms with Crippen molar-refractivity contribution in [2.45, 2.75) is 0 Å². The zero-order valence-corrected chi connectivity index (χ0v) is 7.75. The van der Waals surface area contributed by atoms with Crippen LogP contribution in [0, 0.1) is 11.3 Å². The SMILES string of the molecule is N#Cc1cc(N)n(-c2cccc(O)c2)n1. The zero-order valence-electron chi connectivity index (χ0n) is 7.75. The van der Waals surface area contributed by atoms with E-state index in [1.165, 1.54) is 16.8 Å². The monoisotopic (exact) mass is 200 g/mol. The third-order valence-electron chi connectivity index (χ3n) is 1.93. The Kier molecular flexibility index (Phi) is 2.03. The molecular weight excluding hydrogens is 192 g/mol.